The van der Waals surface area contributed by atoms with Crippen LogP contribution < -0.4 is 4.74 Å². The Labute approximate surface area is 127 Å². The van der Waals surface area contributed by atoms with Gasteiger partial charge in [-0.1, -0.05) is 6.07 Å². The first-order valence-electron chi connectivity index (χ1n) is 6.99. The fourth-order valence-corrected chi connectivity index (χ4v) is 2.69. The van der Waals surface area contributed by atoms with Crippen molar-refractivity contribution in [1.82, 2.24) is 5.01 Å². The molecule has 0 aromatic heterocycles. The highest BCUT2D eigenvalue weighted by atomic mass is 19.1. The summed E-state index contributed by atoms with van der Waals surface area (Å²) in [5.41, 5.74) is 1.79. The fourth-order valence-electron chi connectivity index (χ4n) is 2.69. The molecular weight excluding hydrogens is 286 g/mol. The van der Waals surface area contributed by atoms with E-state index in [0.29, 0.717) is 6.42 Å². The normalized spacial score (nSPS) is 17.5. The van der Waals surface area contributed by atoms with Crippen molar-refractivity contribution in [2.75, 3.05) is 14.2 Å². The first kappa shape index (κ1) is 14.5. The number of hydrogen-bond acceptors (Lipinski definition) is 3. The Morgan fingerprint density at radius 1 is 1.09 bits per heavy atom. The average molecular weight is 302 g/mol. The molecule has 1 unspecified atom stereocenters. The molecule has 0 radical (unpaired) electrons. The van der Waals surface area contributed by atoms with Gasteiger partial charge in [0.15, 0.2) is 0 Å². The van der Waals surface area contributed by atoms with Gasteiger partial charge in [-0.05, 0) is 42.0 Å². The molecule has 1 atom stereocenters. The van der Waals surface area contributed by atoms with Crippen molar-refractivity contribution >= 4 is 5.71 Å². The molecule has 1 heterocycles. The Bertz CT molecular complexity index is 693. The molecule has 0 N–H and O–H groups in total. The molecule has 0 fully saturated rings. The maximum atomic E-state index is 14.0. The molecule has 2 aromatic carbocycles. The Morgan fingerprint density at radius 3 is 2.32 bits per heavy atom. The third kappa shape index (κ3) is 2.54. The van der Waals surface area contributed by atoms with Gasteiger partial charge in [0.05, 0.1) is 18.9 Å². The molecule has 114 valence electrons. The van der Waals surface area contributed by atoms with Crippen LogP contribution in [0.4, 0.5) is 8.78 Å². The number of halogens is 2. The minimum atomic E-state index is -0.539. The Balaban J connectivity index is 1.88. The maximum absolute atomic E-state index is 14.0. The molecule has 1 aliphatic rings. The van der Waals surface area contributed by atoms with Crippen molar-refractivity contribution in [2.24, 2.45) is 5.10 Å². The van der Waals surface area contributed by atoms with E-state index in [-0.39, 0.29) is 5.56 Å². The standard InChI is InChI=1S/C17H16F2N2O/c1-21-16(17-13(18)4-3-5-14(17)19)10-15(20-21)11-6-8-12(22-2)9-7-11/h3-9,16H,10H2,1-2H3. The van der Waals surface area contributed by atoms with Gasteiger partial charge < -0.3 is 4.74 Å². The van der Waals surface area contributed by atoms with Gasteiger partial charge in [-0.2, -0.15) is 5.10 Å². The van der Waals surface area contributed by atoms with Crippen molar-refractivity contribution in [1.29, 1.82) is 0 Å². The van der Waals surface area contributed by atoms with Crippen LogP contribution in [0.3, 0.4) is 0 Å². The molecule has 0 spiro atoms. The van der Waals surface area contributed by atoms with Crippen molar-refractivity contribution < 1.29 is 13.5 Å². The number of ether oxygens (including phenoxy) is 1. The highest BCUT2D eigenvalue weighted by molar-refractivity contribution is 6.01. The number of methoxy groups -OCH3 is 1. The van der Waals surface area contributed by atoms with Gasteiger partial charge in [-0.3, -0.25) is 5.01 Å². The number of hydrazone groups is 1. The van der Waals surface area contributed by atoms with Gasteiger partial charge in [0, 0.05) is 19.0 Å². The predicted molar refractivity (Wildman–Crippen MR) is 81.0 cm³/mol. The minimum Gasteiger partial charge on any atom is -0.497 e. The summed E-state index contributed by atoms with van der Waals surface area (Å²) in [5, 5.41) is 6.04. The Morgan fingerprint density at radius 2 is 1.73 bits per heavy atom. The van der Waals surface area contributed by atoms with Crippen LogP contribution in [0.1, 0.15) is 23.6 Å². The molecule has 2 aromatic rings. The lowest BCUT2D eigenvalue weighted by Gasteiger charge is -2.20. The summed E-state index contributed by atoms with van der Waals surface area (Å²) in [5.74, 6) is -0.321. The van der Waals surface area contributed by atoms with Gasteiger partial charge in [0.25, 0.3) is 0 Å². The molecule has 3 rings (SSSR count). The van der Waals surface area contributed by atoms with Gasteiger partial charge in [0.2, 0.25) is 0 Å². The largest absolute Gasteiger partial charge is 0.497 e. The van der Waals surface area contributed by atoms with Crippen LogP contribution >= 0.6 is 0 Å². The molecular formula is C17H16F2N2O. The van der Waals surface area contributed by atoms with Crippen molar-refractivity contribution in [3.8, 4) is 5.75 Å². The maximum Gasteiger partial charge on any atom is 0.131 e. The monoisotopic (exact) mass is 302 g/mol. The summed E-state index contributed by atoms with van der Waals surface area (Å²) in [4.78, 5) is 0. The first-order valence-corrected chi connectivity index (χ1v) is 6.99. The van der Waals surface area contributed by atoms with E-state index in [2.05, 4.69) is 5.10 Å². The second-order valence-corrected chi connectivity index (χ2v) is 5.20. The molecule has 22 heavy (non-hydrogen) atoms. The lowest BCUT2D eigenvalue weighted by molar-refractivity contribution is 0.276. The van der Waals surface area contributed by atoms with E-state index in [0.717, 1.165) is 17.0 Å². The predicted octanol–water partition coefficient (Wildman–Crippen LogP) is 3.75. The van der Waals surface area contributed by atoms with E-state index >= 15 is 0 Å². The van der Waals surface area contributed by atoms with Crippen LogP contribution in [0.15, 0.2) is 47.6 Å². The summed E-state index contributed by atoms with van der Waals surface area (Å²) in [6, 6.07) is 11.0. The van der Waals surface area contributed by atoms with E-state index in [1.165, 1.54) is 18.2 Å². The molecule has 5 heteroatoms. The zero-order chi connectivity index (χ0) is 15.7. The third-order valence-electron chi connectivity index (χ3n) is 3.87. The highest BCUT2D eigenvalue weighted by Gasteiger charge is 2.30. The summed E-state index contributed by atoms with van der Waals surface area (Å²) in [6.07, 6.45) is 0.459. The zero-order valence-corrected chi connectivity index (χ0v) is 12.4. The van der Waals surface area contributed by atoms with E-state index in [1.807, 2.05) is 24.3 Å². The molecule has 0 saturated heterocycles. The van der Waals surface area contributed by atoms with Crippen LogP contribution in [0.2, 0.25) is 0 Å². The number of nitrogens with zero attached hydrogens (tertiary/aromatic N) is 2. The van der Waals surface area contributed by atoms with Crippen molar-refractivity contribution in [3.63, 3.8) is 0 Å². The van der Waals surface area contributed by atoms with Gasteiger partial charge in [-0.15, -0.1) is 0 Å². The molecule has 0 saturated carbocycles. The molecule has 0 amide bonds. The van der Waals surface area contributed by atoms with Crippen LogP contribution in [0.25, 0.3) is 0 Å². The minimum absolute atomic E-state index is 0.0669. The van der Waals surface area contributed by atoms with Crippen molar-refractivity contribution in [2.45, 2.75) is 12.5 Å². The average Bonchev–Trinajstić information content (AvgIpc) is 2.89. The topological polar surface area (TPSA) is 24.8 Å². The highest BCUT2D eigenvalue weighted by Crippen LogP contribution is 2.34. The lowest BCUT2D eigenvalue weighted by Crippen LogP contribution is -2.17. The first-order chi connectivity index (χ1) is 10.6. The lowest BCUT2D eigenvalue weighted by atomic mass is 9.98. The second kappa shape index (κ2) is 5.75. The summed E-state index contributed by atoms with van der Waals surface area (Å²) < 4.78 is 33.1. The number of hydrogen-bond donors (Lipinski definition) is 0. The SMILES string of the molecule is COc1ccc(C2=NN(C)C(c3c(F)cccc3F)C2)cc1. The van der Waals surface area contributed by atoms with Crippen LogP contribution in [0, 0.1) is 11.6 Å². The van der Waals surface area contributed by atoms with Gasteiger partial charge in [-0.25, -0.2) is 8.78 Å². The van der Waals surface area contributed by atoms with E-state index in [4.69, 9.17) is 4.74 Å². The van der Waals surface area contributed by atoms with E-state index < -0.39 is 17.7 Å². The summed E-state index contributed by atoms with van der Waals surface area (Å²) in [7, 11) is 3.33. The van der Waals surface area contributed by atoms with E-state index in [1.54, 1.807) is 19.2 Å². The number of rotatable bonds is 3. The van der Waals surface area contributed by atoms with E-state index in [9.17, 15) is 8.78 Å². The fraction of sp³-hybridized carbons (Fsp3) is 0.235. The Kier molecular flexibility index (Phi) is 3.79. The van der Waals surface area contributed by atoms with Crippen LogP contribution in [0.5, 0.6) is 5.75 Å². The van der Waals surface area contributed by atoms with Crippen molar-refractivity contribution in [3.05, 3.63) is 65.2 Å². The van der Waals surface area contributed by atoms with Gasteiger partial charge in [0.1, 0.15) is 17.4 Å². The Hall–Kier alpha value is -2.43. The molecule has 1 aliphatic heterocycles. The van der Waals surface area contributed by atoms with Crippen LogP contribution in [-0.4, -0.2) is 24.9 Å². The number of benzene rings is 2. The molecule has 3 nitrogen and oxygen atoms in total. The van der Waals surface area contributed by atoms with Gasteiger partial charge >= 0.3 is 0 Å². The summed E-state index contributed by atoms with van der Waals surface area (Å²) >= 11 is 0. The summed E-state index contributed by atoms with van der Waals surface area (Å²) in [6.45, 7) is 0. The third-order valence-corrected chi connectivity index (χ3v) is 3.87. The molecule has 0 aliphatic carbocycles. The second-order valence-electron chi connectivity index (χ2n) is 5.20. The quantitative estimate of drug-likeness (QED) is 0.862. The van der Waals surface area contributed by atoms with Crippen LogP contribution in [-0.2, 0) is 0 Å². The smallest absolute Gasteiger partial charge is 0.131 e. The molecule has 0 bridgehead atoms. The zero-order valence-electron chi connectivity index (χ0n) is 12.4.